The van der Waals surface area contributed by atoms with Crippen LogP contribution in [0.2, 0.25) is 0 Å². The zero-order chi connectivity index (χ0) is 45.6. The zero-order valence-corrected chi connectivity index (χ0v) is 41.5. The standard InChI is InChI=1S/C62H82N2/c1-10-17-21-28-46-61(47-29-22-18-11-2)57-33-27-26-32-55(57)56-43-42-54(48-58(56)61)64(52-30-24-23-25-31-52)53-40-36-50(37-41-53)49-34-38-51(39-35-49)63-60(9,45-20-13-4)62(15-6,16-7)59(8,14-5)44-19-12-3/h19,23-26,30-32,34-44,48,63H,10-18,21-22,27-29,33,46-47H2,1-9H3/b44-19-. The number of nitrogens with zero attached hydrogens (tertiary/aromatic N) is 1. The smallest absolute Gasteiger partial charge is 0.102 e. The van der Waals surface area contributed by atoms with Crippen molar-refractivity contribution < 1.29 is 0 Å². The largest absolute Gasteiger partial charge is 0.369 e. The molecule has 0 amide bonds. The Morgan fingerprint density at radius 1 is 0.672 bits per heavy atom. The first-order valence-corrected chi connectivity index (χ1v) is 25.7. The molecule has 2 aliphatic rings. The van der Waals surface area contributed by atoms with Crippen LogP contribution in [0.1, 0.15) is 183 Å². The van der Waals surface area contributed by atoms with E-state index in [0.29, 0.717) is 0 Å². The summed E-state index contributed by atoms with van der Waals surface area (Å²) in [5.74, 6) is 7.31. The Balaban J connectivity index is 1.34. The lowest BCUT2D eigenvalue weighted by Gasteiger charge is -2.56. The van der Waals surface area contributed by atoms with Crippen LogP contribution in [0, 0.1) is 22.7 Å². The van der Waals surface area contributed by atoms with Gasteiger partial charge in [0.25, 0.3) is 0 Å². The van der Waals surface area contributed by atoms with Gasteiger partial charge < -0.3 is 10.2 Å². The maximum Gasteiger partial charge on any atom is 0.102 e. The summed E-state index contributed by atoms with van der Waals surface area (Å²) in [7, 11) is 0. The van der Waals surface area contributed by atoms with Crippen molar-refractivity contribution in [2.75, 3.05) is 10.2 Å². The highest BCUT2D eigenvalue weighted by molar-refractivity contribution is 5.89. The first-order valence-electron chi connectivity index (χ1n) is 25.7. The summed E-state index contributed by atoms with van der Waals surface area (Å²) >= 11 is 0. The number of fused-ring (bicyclic) bond motifs is 2. The van der Waals surface area contributed by atoms with Crippen LogP contribution in [0.4, 0.5) is 22.7 Å². The Bertz CT molecular complexity index is 2230. The van der Waals surface area contributed by atoms with Crippen LogP contribution >= 0.6 is 0 Å². The lowest BCUT2D eigenvalue weighted by atomic mass is 9.51. The quantitative estimate of drug-likeness (QED) is 0.0454. The van der Waals surface area contributed by atoms with Gasteiger partial charge >= 0.3 is 0 Å². The molecule has 2 nitrogen and oxygen atoms in total. The average molecular weight is 855 g/mol. The molecule has 0 radical (unpaired) electrons. The van der Waals surface area contributed by atoms with E-state index in [1.807, 2.05) is 0 Å². The lowest BCUT2D eigenvalue weighted by Crippen LogP contribution is -2.58. The molecule has 0 bridgehead atoms. The molecule has 340 valence electrons. The number of rotatable bonds is 23. The Kier molecular flexibility index (Phi) is 17.1. The molecule has 2 unspecified atom stereocenters. The highest BCUT2D eigenvalue weighted by Gasteiger charge is 2.54. The fourth-order valence-corrected chi connectivity index (χ4v) is 12.0. The maximum absolute atomic E-state index is 4.04. The minimum atomic E-state index is -0.424. The van der Waals surface area contributed by atoms with Crippen molar-refractivity contribution in [3.8, 4) is 23.0 Å². The molecule has 2 aliphatic carbocycles. The van der Waals surface area contributed by atoms with E-state index < -0.39 is 5.54 Å². The number of benzene rings is 4. The Morgan fingerprint density at radius 2 is 1.28 bits per heavy atom. The molecule has 0 spiro atoms. The Labute approximate surface area is 391 Å². The molecule has 64 heavy (non-hydrogen) atoms. The van der Waals surface area contributed by atoms with Gasteiger partial charge in [0.15, 0.2) is 0 Å². The Hall–Kier alpha value is -4.74. The van der Waals surface area contributed by atoms with Crippen molar-refractivity contribution in [1.82, 2.24) is 0 Å². The third-order valence-corrected chi connectivity index (χ3v) is 15.7. The molecular formula is C62H82N2. The molecule has 0 aliphatic heterocycles. The van der Waals surface area contributed by atoms with Crippen molar-refractivity contribution >= 4 is 28.3 Å². The second kappa shape index (κ2) is 22.4. The van der Waals surface area contributed by atoms with Crippen LogP contribution in [-0.4, -0.2) is 5.54 Å². The van der Waals surface area contributed by atoms with Gasteiger partial charge in [-0.25, -0.2) is 0 Å². The third-order valence-electron chi connectivity index (χ3n) is 15.7. The van der Waals surface area contributed by atoms with E-state index in [4.69, 9.17) is 0 Å². The van der Waals surface area contributed by atoms with Crippen molar-refractivity contribution in [3.05, 3.63) is 138 Å². The SMILES string of the molecule is CCC#CC(C)(Nc1ccc(-c2ccc(N(c3ccccc3)c3ccc4c(c3)C(CCCCCC)(CCCCCC)C3=C4C=CCC3)cc2)cc1)C(CC)(CC)C(C)(/C=C\CC)CC. The molecule has 2 atom stereocenters. The number of anilines is 4. The number of hydrogen-bond acceptors (Lipinski definition) is 2. The second-order valence-corrected chi connectivity index (χ2v) is 19.3. The molecule has 4 aromatic rings. The summed E-state index contributed by atoms with van der Waals surface area (Å²) < 4.78 is 0. The fraction of sp³-hybridized carbons (Fsp3) is 0.484. The van der Waals surface area contributed by atoms with Crippen LogP contribution in [0.3, 0.4) is 0 Å². The van der Waals surface area contributed by atoms with E-state index >= 15 is 0 Å². The van der Waals surface area contributed by atoms with Crippen molar-refractivity contribution in [2.45, 2.75) is 182 Å². The minimum absolute atomic E-state index is 0.00886. The maximum atomic E-state index is 4.04. The lowest BCUT2D eigenvalue weighted by molar-refractivity contribution is 0.0346. The highest BCUT2D eigenvalue weighted by Crippen LogP contribution is 2.58. The molecule has 0 fully saturated rings. The molecule has 0 aromatic heterocycles. The van der Waals surface area contributed by atoms with Crippen LogP contribution in [0.5, 0.6) is 0 Å². The van der Waals surface area contributed by atoms with Crippen LogP contribution in [0.25, 0.3) is 16.7 Å². The summed E-state index contributed by atoms with van der Waals surface area (Å²) in [5, 5.41) is 4.04. The van der Waals surface area contributed by atoms with Crippen LogP contribution < -0.4 is 10.2 Å². The van der Waals surface area contributed by atoms with Gasteiger partial charge in [0, 0.05) is 40.0 Å². The topological polar surface area (TPSA) is 15.3 Å². The van der Waals surface area contributed by atoms with Gasteiger partial charge in [-0.1, -0.05) is 191 Å². The number of allylic oxidation sites excluding steroid dienone is 6. The Morgan fingerprint density at radius 3 is 1.86 bits per heavy atom. The van der Waals surface area contributed by atoms with Crippen LogP contribution in [-0.2, 0) is 5.41 Å². The molecule has 6 rings (SSSR count). The van der Waals surface area contributed by atoms with E-state index in [-0.39, 0.29) is 16.2 Å². The zero-order valence-electron chi connectivity index (χ0n) is 41.5. The first kappa shape index (κ1) is 48.7. The van der Waals surface area contributed by atoms with Crippen molar-refractivity contribution in [2.24, 2.45) is 10.8 Å². The molecule has 0 saturated heterocycles. The first-order chi connectivity index (χ1) is 31.1. The van der Waals surface area contributed by atoms with Gasteiger partial charge in [-0.3, -0.25) is 0 Å². The molecular weight excluding hydrogens is 773 g/mol. The van der Waals surface area contributed by atoms with Gasteiger partial charge in [0.05, 0.1) is 0 Å². The van der Waals surface area contributed by atoms with Gasteiger partial charge in [-0.05, 0) is 140 Å². The summed E-state index contributed by atoms with van der Waals surface area (Å²) in [6, 6.07) is 36.8. The van der Waals surface area contributed by atoms with E-state index in [2.05, 4.69) is 206 Å². The minimum Gasteiger partial charge on any atom is -0.369 e. The average Bonchev–Trinajstić information content (AvgIpc) is 3.60. The highest BCUT2D eigenvalue weighted by atomic mass is 15.1. The van der Waals surface area contributed by atoms with Gasteiger partial charge in [0.2, 0.25) is 0 Å². The predicted octanol–water partition coefficient (Wildman–Crippen LogP) is 18.9. The number of para-hydroxylation sites is 1. The predicted molar refractivity (Wildman–Crippen MR) is 282 cm³/mol. The normalized spacial score (nSPS) is 16.1. The van der Waals surface area contributed by atoms with E-state index in [1.54, 1.807) is 11.1 Å². The van der Waals surface area contributed by atoms with Gasteiger partial charge in [0.1, 0.15) is 5.54 Å². The van der Waals surface area contributed by atoms with Crippen molar-refractivity contribution in [3.63, 3.8) is 0 Å². The third kappa shape index (κ3) is 9.91. The molecule has 2 heteroatoms. The molecule has 4 aromatic carbocycles. The van der Waals surface area contributed by atoms with E-state index in [1.165, 1.54) is 110 Å². The summed E-state index contributed by atoms with van der Waals surface area (Å²) in [6.45, 7) is 20.9. The molecule has 0 saturated carbocycles. The number of nitrogens with one attached hydrogen (secondary N) is 1. The van der Waals surface area contributed by atoms with E-state index in [0.717, 1.165) is 44.2 Å². The second-order valence-electron chi connectivity index (χ2n) is 19.3. The fourth-order valence-electron chi connectivity index (χ4n) is 12.0. The van der Waals surface area contributed by atoms with Gasteiger partial charge in [-0.2, -0.15) is 0 Å². The number of hydrogen-bond donors (Lipinski definition) is 1. The number of unbranched alkanes of at least 4 members (excludes halogenated alkanes) is 6. The summed E-state index contributed by atoms with van der Waals surface area (Å²) in [6.07, 6.45) is 30.1. The summed E-state index contributed by atoms with van der Waals surface area (Å²) in [5.41, 5.74) is 13.1. The monoisotopic (exact) mass is 855 g/mol. The summed E-state index contributed by atoms with van der Waals surface area (Å²) in [4.78, 5) is 2.48. The van der Waals surface area contributed by atoms with E-state index in [9.17, 15) is 0 Å². The van der Waals surface area contributed by atoms with Gasteiger partial charge in [-0.15, -0.1) is 5.92 Å². The van der Waals surface area contributed by atoms with Crippen molar-refractivity contribution in [1.29, 1.82) is 0 Å². The molecule has 0 heterocycles. The van der Waals surface area contributed by atoms with Crippen LogP contribution in [0.15, 0.2) is 127 Å². The molecule has 1 N–H and O–H groups in total.